The number of nitrogens with one attached hydrogen (secondary N) is 1. The van der Waals surface area contributed by atoms with E-state index in [1.807, 2.05) is 29.8 Å². The van der Waals surface area contributed by atoms with E-state index >= 15 is 0 Å². The predicted molar refractivity (Wildman–Crippen MR) is 133 cm³/mol. The van der Waals surface area contributed by atoms with Crippen LogP contribution in [0.3, 0.4) is 0 Å². The zero-order valence-electron chi connectivity index (χ0n) is 19.7. The van der Waals surface area contributed by atoms with Gasteiger partial charge in [-0.05, 0) is 55.0 Å². The highest BCUT2D eigenvalue weighted by Crippen LogP contribution is 2.33. The quantitative estimate of drug-likeness (QED) is 0.359. The van der Waals surface area contributed by atoms with Crippen LogP contribution in [0.2, 0.25) is 0 Å². The van der Waals surface area contributed by atoms with E-state index in [1.165, 1.54) is 30.3 Å². The van der Waals surface area contributed by atoms with Gasteiger partial charge in [0.25, 0.3) is 10.0 Å². The van der Waals surface area contributed by atoms with Gasteiger partial charge >= 0.3 is 6.18 Å². The average molecular weight is 529 g/mol. The van der Waals surface area contributed by atoms with Gasteiger partial charge in [0.05, 0.1) is 16.1 Å². The van der Waals surface area contributed by atoms with Gasteiger partial charge in [0.1, 0.15) is 12.4 Å². The molecule has 11 heteroatoms. The summed E-state index contributed by atoms with van der Waals surface area (Å²) in [5.41, 5.74) is 0.349. The molecule has 0 spiro atoms. The van der Waals surface area contributed by atoms with Crippen LogP contribution in [0.5, 0.6) is 0 Å². The number of benzene rings is 3. The van der Waals surface area contributed by atoms with Gasteiger partial charge in [-0.25, -0.2) is 13.4 Å². The lowest BCUT2D eigenvalue weighted by molar-refractivity contribution is -0.137. The van der Waals surface area contributed by atoms with Crippen LogP contribution in [0.15, 0.2) is 96.2 Å². The zero-order chi connectivity index (χ0) is 26.6. The van der Waals surface area contributed by atoms with Crippen molar-refractivity contribution in [3.8, 4) is 5.69 Å². The smallest absolute Gasteiger partial charge is 0.350 e. The summed E-state index contributed by atoms with van der Waals surface area (Å²) in [4.78, 5) is 16.8. The van der Waals surface area contributed by atoms with E-state index in [0.29, 0.717) is 10.4 Å². The molecule has 0 fully saturated rings. The first-order valence-electron chi connectivity index (χ1n) is 11.2. The average Bonchev–Trinajstić information content (AvgIpc) is 3.32. The maximum absolute atomic E-state index is 13.3. The van der Waals surface area contributed by atoms with Gasteiger partial charge < -0.3 is 9.88 Å². The number of amides is 1. The van der Waals surface area contributed by atoms with Gasteiger partial charge in [-0.2, -0.15) is 13.2 Å². The normalized spacial score (nSPS) is 11.8. The Morgan fingerprint density at radius 1 is 1.00 bits per heavy atom. The number of carbonyl (C=O) groups is 1. The topological polar surface area (TPSA) is 84.3 Å². The lowest BCUT2D eigenvalue weighted by Gasteiger charge is -2.25. The first-order chi connectivity index (χ1) is 17.6. The van der Waals surface area contributed by atoms with Crippen molar-refractivity contribution in [1.29, 1.82) is 0 Å². The molecular formula is C26H23F3N4O3S. The Labute approximate surface area is 212 Å². The van der Waals surface area contributed by atoms with E-state index in [-0.39, 0.29) is 17.1 Å². The van der Waals surface area contributed by atoms with Gasteiger partial charge in [0.2, 0.25) is 5.91 Å². The number of rotatable bonds is 8. The molecule has 4 rings (SSSR count). The molecule has 0 saturated heterocycles. The summed E-state index contributed by atoms with van der Waals surface area (Å²) in [6.45, 7) is 1.27. The highest BCUT2D eigenvalue weighted by atomic mass is 32.2. The number of aromatic nitrogens is 2. The van der Waals surface area contributed by atoms with Gasteiger partial charge in [0.15, 0.2) is 0 Å². The summed E-state index contributed by atoms with van der Waals surface area (Å²) < 4.78 is 69.2. The Morgan fingerprint density at radius 2 is 1.70 bits per heavy atom. The summed E-state index contributed by atoms with van der Waals surface area (Å²) in [5.74, 6) is 0.141. The minimum Gasteiger partial charge on any atom is -0.350 e. The molecule has 0 aliphatic rings. The molecule has 0 radical (unpaired) electrons. The molecule has 1 N–H and O–H groups in total. The minimum absolute atomic E-state index is 0.101. The number of aryl methyl sites for hydroxylation is 1. The van der Waals surface area contributed by atoms with Crippen LogP contribution in [0.4, 0.5) is 18.9 Å². The third kappa shape index (κ3) is 6.00. The molecule has 0 atom stereocenters. The number of hydrogen-bond acceptors (Lipinski definition) is 4. The van der Waals surface area contributed by atoms with Gasteiger partial charge in [-0.1, -0.05) is 36.4 Å². The lowest BCUT2D eigenvalue weighted by atomic mass is 10.2. The van der Waals surface area contributed by atoms with E-state index in [9.17, 15) is 26.4 Å². The van der Waals surface area contributed by atoms with Crippen molar-refractivity contribution in [2.24, 2.45) is 0 Å². The van der Waals surface area contributed by atoms with Crippen molar-refractivity contribution < 1.29 is 26.4 Å². The lowest BCUT2D eigenvalue weighted by Crippen LogP contribution is -2.40. The molecule has 0 saturated carbocycles. The fourth-order valence-corrected chi connectivity index (χ4v) is 5.12. The Kier molecular flexibility index (Phi) is 7.35. The van der Waals surface area contributed by atoms with Crippen molar-refractivity contribution in [3.63, 3.8) is 0 Å². The number of carbonyl (C=O) groups excluding carboxylic acids is 1. The second-order valence-electron chi connectivity index (χ2n) is 8.16. The van der Waals surface area contributed by atoms with Gasteiger partial charge in [-0.3, -0.25) is 9.10 Å². The van der Waals surface area contributed by atoms with E-state index in [0.717, 1.165) is 29.2 Å². The van der Waals surface area contributed by atoms with Crippen molar-refractivity contribution >= 4 is 21.6 Å². The van der Waals surface area contributed by atoms with Crippen LogP contribution < -0.4 is 9.62 Å². The molecule has 0 aliphatic heterocycles. The summed E-state index contributed by atoms with van der Waals surface area (Å²) in [6.07, 6.45) is -1.17. The standard InChI is InChI=1S/C26H23F3N4O3S/c1-19-30-14-15-32(19)22-12-10-20(11-13-22)17-31-25(34)18-33(37(35,36)24-8-3-2-4-9-24)23-7-5-6-21(16-23)26(27,28)29/h2-16H,17-18H2,1H3,(H,31,34). The first-order valence-corrected chi connectivity index (χ1v) is 12.6. The number of sulfonamides is 1. The third-order valence-electron chi connectivity index (χ3n) is 5.61. The van der Waals surface area contributed by atoms with E-state index in [2.05, 4.69) is 10.3 Å². The monoisotopic (exact) mass is 528 g/mol. The molecule has 1 aromatic heterocycles. The molecular weight excluding hydrogens is 505 g/mol. The van der Waals surface area contributed by atoms with E-state index < -0.39 is 34.2 Å². The highest BCUT2D eigenvalue weighted by molar-refractivity contribution is 7.92. The fourth-order valence-electron chi connectivity index (χ4n) is 3.68. The Bertz CT molecular complexity index is 1490. The number of hydrogen-bond donors (Lipinski definition) is 1. The molecule has 4 aromatic rings. The maximum atomic E-state index is 13.3. The molecule has 3 aromatic carbocycles. The number of alkyl halides is 3. The number of imidazole rings is 1. The van der Waals surface area contributed by atoms with E-state index in [1.54, 1.807) is 24.4 Å². The fraction of sp³-hybridized carbons (Fsp3) is 0.154. The SMILES string of the molecule is Cc1nccn1-c1ccc(CNC(=O)CN(c2cccc(C(F)(F)F)c2)S(=O)(=O)c2ccccc2)cc1. The largest absolute Gasteiger partial charge is 0.416 e. The van der Waals surface area contributed by atoms with E-state index in [4.69, 9.17) is 0 Å². The summed E-state index contributed by atoms with van der Waals surface area (Å²) >= 11 is 0. The molecule has 0 unspecified atom stereocenters. The minimum atomic E-state index is -4.68. The zero-order valence-corrected chi connectivity index (χ0v) is 20.5. The molecule has 0 aliphatic carbocycles. The Morgan fingerprint density at radius 3 is 2.32 bits per heavy atom. The Hall–Kier alpha value is -4.12. The first kappa shape index (κ1) is 26.0. The Balaban J connectivity index is 1.54. The summed E-state index contributed by atoms with van der Waals surface area (Å²) in [5, 5.41) is 2.65. The molecule has 7 nitrogen and oxygen atoms in total. The number of anilines is 1. The highest BCUT2D eigenvalue weighted by Gasteiger charge is 2.33. The van der Waals surface area contributed by atoms with Crippen molar-refractivity contribution in [3.05, 3.63) is 108 Å². The van der Waals surface area contributed by atoms with Crippen LogP contribution in [-0.4, -0.2) is 30.4 Å². The molecule has 0 bridgehead atoms. The molecule has 1 heterocycles. The molecule has 1 amide bonds. The predicted octanol–water partition coefficient (Wildman–Crippen LogP) is 4.71. The third-order valence-corrected chi connectivity index (χ3v) is 7.40. The second kappa shape index (κ2) is 10.5. The molecule has 192 valence electrons. The van der Waals surface area contributed by atoms with Crippen LogP contribution in [0.1, 0.15) is 17.0 Å². The number of nitrogens with zero attached hydrogens (tertiary/aromatic N) is 3. The van der Waals surface area contributed by atoms with Gasteiger partial charge in [0, 0.05) is 24.6 Å². The van der Waals surface area contributed by atoms with Crippen LogP contribution >= 0.6 is 0 Å². The van der Waals surface area contributed by atoms with Crippen LogP contribution in [0.25, 0.3) is 5.69 Å². The number of halogens is 3. The second-order valence-corrected chi connectivity index (χ2v) is 10.0. The molecule has 37 heavy (non-hydrogen) atoms. The summed E-state index contributed by atoms with van der Waals surface area (Å²) in [6, 6.07) is 18.4. The summed E-state index contributed by atoms with van der Waals surface area (Å²) in [7, 11) is -4.33. The van der Waals surface area contributed by atoms with Gasteiger partial charge in [-0.15, -0.1) is 0 Å². The van der Waals surface area contributed by atoms with Crippen LogP contribution in [-0.2, 0) is 27.5 Å². The van der Waals surface area contributed by atoms with Crippen LogP contribution in [0, 0.1) is 6.92 Å². The van der Waals surface area contributed by atoms with Crippen molar-refractivity contribution in [2.75, 3.05) is 10.8 Å². The van der Waals surface area contributed by atoms with Crippen molar-refractivity contribution in [1.82, 2.24) is 14.9 Å². The van der Waals surface area contributed by atoms with Crippen molar-refractivity contribution in [2.45, 2.75) is 24.5 Å². The maximum Gasteiger partial charge on any atom is 0.416 e.